The molecular weight excluding hydrogens is 256 g/mol. The summed E-state index contributed by atoms with van der Waals surface area (Å²) in [5.41, 5.74) is 1.86. The van der Waals surface area contributed by atoms with Crippen LogP contribution in [-0.2, 0) is 13.6 Å². The monoisotopic (exact) mass is 270 g/mol. The van der Waals surface area contributed by atoms with Gasteiger partial charge in [0.05, 0.1) is 18.7 Å². The van der Waals surface area contributed by atoms with Gasteiger partial charge in [0.2, 0.25) is 5.88 Å². The van der Waals surface area contributed by atoms with Gasteiger partial charge in [-0.3, -0.25) is 4.68 Å². The highest BCUT2D eigenvalue weighted by Crippen LogP contribution is 2.18. The minimum absolute atomic E-state index is 0.596. The van der Waals surface area contributed by atoms with E-state index in [1.807, 2.05) is 19.2 Å². The topological polar surface area (TPSA) is 77.8 Å². The van der Waals surface area contributed by atoms with Crippen molar-refractivity contribution in [3.63, 3.8) is 0 Å². The van der Waals surface area contributed by atoms with Gasteiger partial charge >= 0.3 is 0 Å². The summed E-state index contributed by atoms with van der Waals surface area (Å²) < 4.78 is 6.82. The Bertz CT molecular complexity index is 739. The molecule has 3 aromatic rings. The number of fused-ring (bicyclic) bond motifs is 1. The number of methoxy groups -OCH3 is 1. The zero-order valence-electron chi connectivity index (χ0n) is 11.2. The molecule has 20 heavy (non-hydrogen) atoms. The van der Waals surface area contributed by atoms with E-state index >= 15 is 0 Å². The van der Waals surface area contributed by atoms with Gasteiger partial charge < -0.3 is 10.1 Å². The van der Waals surface area contributed by atoms with Crippen molar-refractivity contribution in [2.24, 2.45) is 7.05 Å². The van der Waals surface area contributed by atoms with Gasteiger partial charge in [0.1, 0.15) is 12.1 Å². The Labute approximate surface area is 115 Å². The van der Waals surface area contributed by atoms with Crippen molar-refractivity contribution in [2.45, 2.75) is 6.54 Å². The molecule has 3 heterocycles. The number of pyridine rings is 1. The van der Waals surface area contributed by atoms with Crippen molar-refractivity contribution < 1.29 is 4.74 Å². The highest BCUT2D eigenvalue weighted by atomic mass is 16.5. The Morgan fingerprint density at radius 2 is 2.20 bits per heavy atom. The number of nitrogens with zero attached hydrogens (tertiary/aromatic N) is 5. The van der Waals surface area contributed by atoms with Crippen LogP contribution < -0.4 is 10.1 Å². The fourth-order valence-electron chi connectivity index (χ4n) is 1.96. The van der Waals surface area contributed by atoms with E-state index in [-0.39, 0.29) is 0 Å². The zero-order chi connectivity index (χ0) is 13.9. The van der Waals surface area contributed by atoms with Crippen LogP contribution in [0.2, 0.25) is 0 Å². The Morgan fingerprint density at radius 1 is 1.30 bits per heavy atom. The summed E-state index contributed by atoms with van der Waals surface area (Å²) >= 11 is 0. The molecule has 102 valence electrons. The molecule has 0 aromatic carbocycles. The lowest BCUT2D eigenvalue weighted by Crippen LogP contribution is -2.03. The predicted molar refractivity (Wildman–Crippen MR) is 74.4 cm³/mol. The summed E-state index contributed by atoms with van der Waals surface area (Å²) in [7, 11) is 3.45. The van der Waals surface area contributed by atoms with Gasteiger partial charge in [-0.25, -0.2) is 15.0 Å². The summed E-state index contributed by atoms with van der Waals surface area (Å²) in [6.07, 6.45) is 5.00. The van der Waals surface area contributed by atoms with Crippen molar-refractivity contribution in [1.29, 1.82) is 0 Å². The smallest absolute Gasteiger partial charge is 0.213 e. The van der Waals surface area contributed by atoms with Crippen LogP contribution in [0.4, 0.5) is 5.82 Å². The summed E-state index contributed by atoms with van der Waals surface area (Å²) in [5, 5.41) is 8.36. The van der Waals surface area contributed by atoms with Gasteiger partial charge in [-0.1, -0.05) is 0 Å². The molecule has 0 saturated carbocycles. The fourth-order valence-corrected chi connectivity index (χ4v) is 1.96. The molecule has 0 atom stereocenters. The quantitative estimate of drug-likeness (QED) is 0.771. The number of rotatable bonds is 4. The summed E-state index contributed by atoms with van der Waals surface area (Å²) in [4.78, 5) is 12.5. The van der Waals surface area contributed by atoms with Crippen LogP contribution in [0.3, 0.4) is 0 Å². The lowest BCUT2D eigenvalue weighted by atomic mass is 10.2. The number of aromatic nitrogens is 5. The molecular formula is C13H14N6O. The molecule has 3 aromatic heterocycles. The zero-order valence-corrected chi connectivity index (χ0v) is 11.2. The second-order valence-electron chi connectivity index (χ2n) is 4.29. The molecule has 0 bridgehead atoms. The van der Waals surface area contributed by atoms with Gasteiger partial charge in [0.25, 0.3) is 0 Å². The van der Waals surface area contributed by atoms with Crippen LogP contribution in [0.25, 0.3) is 11.0 Å². The second-order valence-corrected chi connectivity index (χ2v) is 4.29. The predicted octanol–water partition coefficient (Wildman–Crippen LogP) is 1.38. The molecule has 7 heteroatoms. The van der Waals surface area contributed by atoms with Crippen LogP contribution in [0.5, 0.6) is 5.88 Å². The lowest BCUT2D eigenvalue weighted by molar-refractivity contribution is 0.397. The van der Waals surface area contributed by atoms with Gasteiger partial charge in [0.15, 0.2) is 5.65 Å². The molecule has 0 saturated heterocycles. The summed E-state index contributed by atoms with van der Waals surface area (Å²) in [5.74, 6) is 1.36. The molecule has 7 nitrogen and oxygen atoms in total. The lowest BCUT2D eigenvalue weighted by Gasteiger charge is -2.07. The van der Waals surface area contributed by atoms with Crippen molar-refractivity contribution in [1.82, 2.24) is 24.7 Å². The number of hydrogen-bond acceptors (Lipinski definition) is 6. The van der Waals surface area contributed by atoms with E-state index in [1.165, 1.54) is 6.33 Å². The third kappa shape index (κ3) is 2.25. The van der Waals surface area contributed by atoms with E-state index < -0.39 is 0 Å². The Morgan fingerprint density at radius 3 is 3.05 bits per heavy atom. The summed E-state index contributed by atoms with van der Waals surface area (Å²) in [6, 6.07) is 3.81. The highest BCUT2D eigenvalue weighted by Gasteiger charge is 2.07. The first-order valence-corrected chi connectivity index (χ1v) is 6.13. The summed E-state index contributed by atoms with van der Waals surface area (Å²) in [6.45, 7) is 0.625. The first-order chi connectivity index (χ1) is 9.78. The maximum Gasteiger partial charge on any atom is 0.213 e. The van der Waals surface area contributed by atoms with Crippen molar-refractivity contribution >= 4 is 16.9 Å². The molecule has 3 rings (SSSR count). The van der Waals surface area contributed by atoms with Crippen LogP contribution in [0.15, 0.2) is 30.9 Å². The van der Waals surface area contributed by atoms with Gasteiger partial charge in [-0.05, 0) is 11.6 Å². The maximum atomic E-state index is 5.10. The molecule has 0 aliphatic carbocycles. The number of nitrogens with one attached hydrogen (secondary N) is 1. The number of anilines is 1. The first kappa shape index (κ1) is 12.3. The van der Waals surface area contributed by atoms with E-state index in [9.17, 15) is 0 Å². The van der Waals surface area contributed by atoms with E-state index in [0.717, 1.165) is 22.4 Å². The largest absolute Gasteiger partial charge is 0.481 e. The minimum Gasteiger partial charge on any atom is -0.481 e. The number of aryl methyl sites for hydroxylation is 1. The van der Waals surface area contributed by atoms with E-state index in [1.54, 1.807) is 24.2 Å². The number of ether oxygens (including phenoxy) is 1. The van der Waals surface area contributed by atoms with Crippen LogP contribution in [-0.4, -0.2) is 31.8 Å². The molecule has 0 amide bonds. The molecule has 1 N–H and O–H groups in total. The van der Waals surface area contributed by atoms with Gasteiger partial charge in [-0.2, -0.15) is 5.10 Å². The van der Waals surface area contributed by atoms with E-state index in [0.29, 0.717) is 12.4 Å². The molecule has 0 spiro atoms. The second kappa shape index (κ2) is 5.12. The molecule has 0 radical (unpaired) electrons. The van der Waals surface area contributed by atoms with E-state index in [2.05, 4.69) is 25.4 Å². The van der Waals surface area contributed by atoms with Crippen LogP contribution in [0, 0.1) is 0 Å². The highest BCUT2D eigenvalue weighted by molar-refractivity contribution is 5.85. The third-order valence-electron chi connectivity index (χ3n) is 3.00. The molecule has 0 aliphatic heterocycles. The van der Waals surface area contributed by atoms with Crippen molar-refractivity contribution in [3.8, 4) is 5.88 Å². The van der Waals surface area contributed by atoms with E-state index in [4.69, 9.17) is 4.74 Å². The normalized spacial score (nSPS) is 10.7. The SMILES string of the molecule is COc1cc(CNc2ncnc3c2cnn3C)ccn1. The Kier molecular flexibility index (Phi) is 3.16. The average Bonchev–Trinajstić information content (AvgIpc) is 2.88. The maximum absolute atomic E-state index is 5.10. The Balaban J connectivity index is 1.83. The third-order valence-corrected chi connectivity index (χ3v) is 3.00. The van der Waals surface area contributed by atoms with Crippen LogP contribution in [0.1, 0.15) is 5.56 Å². The number of hydrogen-bond donors (Lipinski definition) is 1. The minimum atomic E-state index is 0.596. The van der Waals surface area contributed by atoms with Crippen molar-refractivity contribution in [2.75, 3.05) is 12.4 Å². The van der Waals surface area contributed by atoms with Gasteiger partial charge in [0, 0.05) is 25.9 Å². The molecule has 0 aliphatic rings. The molecule has 0 unspecified atom stereocenters. The fraction of sp³-hybridized carbons (Fsp3) is 0.231. The van der Waals surface area contributed by atoms with Gasteiger partial charge in [-0.15, -0.1) is 0 Å². The van der Waals surface area contributed by atoms with Crippen LogP contribution >= 0.6 is 0 Å². The standard InChI is InChI=1S/C13H14N6O/c1-19-13-10(7-18-19)12(16-8-17-13)15-6-9-3-4-14-11(5-9)20-2/h3-5,7-8H,6H2,1-2H3,(H,15,16,17). The van der Waals surface area contributed by atoms with Crippen molar-refractivity contribution in [3.05, 3.63) is 36.4 Å². The molecule has 0 fully saturated rings. The first-order valence-electron chi connectivity index (χ1n) is 6.13. The average molecular weight is 270 g/mol. The Hall–Kier alpha value is -2.70.